The first-order valence-corrected chi connectivity index (χ1v) is 9.62. The Morgan fingerprint density at radius 2 is 1.50 bits per heavy atom. The first-order chi connectivity index (χ1) is 13.5. The molecule has 0 saturated heterocycles. The van der Waals surface area contributed by atoms with E-state index < -0.39 is 0 Å². The van der Waals surface area contributed by atoms with E-state index >= 15 is 0 Å². The predicted molar refractivity (Wildman–Crippen MR) is 117 cm³/mol. The number of hydrogen-bond acceptors (Lipinski definition) is 4. The number of nitrogens with zero attached hydrogens (tertiary/aromatic N) is 3. The van der Waals surface area contributed by atoms with Crippen molar-refractivity contribution in [1.29, 1.82) is 5.26 Å². The van der Waals surface area contributed by atoms with Gasteiger partial charge in [-0.2, -0.15) is 5.26 Å². The monoisotopic (exact) mass is 370 g/mol. The van der Waals surface area contributed by atoms with Gasteiger partial charge in [-0.25, -0.2) is 4.98 Å². The number of benzene rings is 2. The first kappa shape index (κ1) is 19.4. The summed E-state index contributed by atoms with van der Waals surface area (Å²) in [5.74, 6) is 0.270. The molecule has 28 heavy (non-hydrogen) atoms. The lowest BCUT2D eigenvalue weighted by Gasteiger charge is -2.21. The number of hydrogen-bond donors (Lipinski definition) is 1. The number of nitriles is 1. The van der Waals surface area contributed by atoms with E-state index in [4.69, 9.17) is 5.73 Å². The minimum atomic E-state index is 0.270. The lowest BCUT2D eigenvalue weighted by atomic mass is 9.92. The Hall–Kier alpha value is -3.32. The van der Waals surface area contributed by atoms with Crippen LogP contribution in [0.3, 0.4) is 0 Å². The summed E-state index contributed by atoms with van der Waals surface area (Å²) in [6, 6.07) is 18.8. The molecule has 4 heteroatoms. The van der Waals surface area contributed by atoms with Gasteiger partial charge in [0.1, 0.15) is 17.5 Å². The van der Waals surface area contributed by atoms with Crippen LogP contribution >= 0.6 is 0 Å². The predicted octanol–water partition coefficient (Wildman–Crippen LogP) is 5.33. The zero-order valence-electron chi connectivity index (χ0n) is 17.0. The van der Waals surface area contributed by atoms with Crippen molar-refractivity contribution in [3.8, 4) is 28.5 Å². The summed E-state index contributed by atoms with van der Waals surface area (Å²) in [5, 5.41) is 9.72. The molecule has 2 N–H and O–H groups in total. The van der Waals surface area contributed by atoms with Crippen LogP contribution in [-0.4, -0.2) is 18.1 Å². The largest absolute Gasteiger partial charge is 0.383 e. The fourth-order valence-corrected chi connectivity index (χ4v) is 3.59. The number of rotatable bonds is 5. The second-order valence-corrected chi connectivity index (χ2v) is 6.92. The van der Waals surface area contributed by atoms with Crippen LogP contribution in [0.15, 0.2) is 48.5 Å². The Kier molecular flexibility index (Phi) is 5.65. The van der Waals surface area contributed by atoms with E-state index in [1.165, 1.54) is 11.3 Å². The van der Waals surface area contributed by atoms with Crippen LogP contribution in [0.2, 0.25) is 0 Å². The van der Waals surface area contributed by atoms with Crippen molar-refractivity contribution in [3.05, 3.63) is 65.2 Å². The molecule has 1 heterocycles. The van der Waals surface area contributed by atoms with Crippen LogP contribution in [0.5, 0.6) is 0 Å². The van der Waals surface area contributed by atoms with Crippen molar-refractivity contribution in [1.82, 2.24) is 4.98 Å². The number of nitrogens with two attached hydrogens (primary N) is 1. The summed E-state index contributed by atoms with van der Waals surface area (Å²) in [6.45, 7) is 10.3. The van der Waals surface area contributed by atoms with Gasteiger partial charge in [-0.3, -0.25) is 0 Å². The normalized spacial score (nSPS) is 10.5. The van der Waals surface area contributed by atoms with Crippen molar-refractivity contribution < 1.29 is 0 Å². The Morgan fingerprint density at radius 3 is 2.04 bits per heavy atom. The van der Waals surface area contributed by atoms with Crippen molar-refractivity contribution in [2.75, 3.05) is 23.7 Å². The lowest BCUT2D eigenvalue weighted by Crippen LogP contribution is -2.21. The zero-order chi connectivity index (χ0) is 20.3. The molecule has 3 rings (SSSR count). The fraction of sp³-hybridized carbons (Fsp3) is 0.250. The summed E-state index contributed by atoms with van der Waals surface area (Å²) in [5.41, 5.74) is 13.6. The van der Waals surface area contributed by atoms with Gasteiger partial charge < -0.3 is 10.6 Å². The van der Waals surface area contributed by atoms with Gasteiger partial charge in [0, 0.05) is 29.9 Å². The number of nitrogen functional groups attached to an aromatic ring is 1. The smallest absolute Gasteiger partial charge is 0.142 e. The van der Waals surface area contributed by atoms with Crippen LogP contribution in [0.4, 0.5) is 11.5 Å². The number of aryl methyl sites for hydroxylation is 1. The van der Waals surface area contributed by atoms with Crippen molar-refractivity contribution in [2.24, 2.45) is 0 Å². The van der Waals surface area contributed by atoms with Gasteiger partial charge in [0.25, 0.3) is 0 Å². The SMILES string of the molecule is CCN(CC)c1ccc(-c2c(C)c(-c3ccc(C)cc3)nc(N)c2C#N)cc1. The van der Waals surface area contributed by atoms with Crippen LogP contribution in [0.1, 0.15) is 30.5 Å². The average molecular weight is 371 g/mol. The Bertz CT molecular complexity index is 1010. The summed E-state index contributed by atoms with van der Waals surface area (Å²) < 4.78 is 0. The maximum absolute atomic E-state index is 9.72. The van der Waals surface area contributed by atoms with E-state index in [1.807, 2.05) is 19.1 Å². The third kappa shape index (κ3) is 3.57. The molecule has 0 amide bonds. The molecule has 0 radical (unpaired) electrons. The summed E-state index contributed by atoms with van der Waals surface area (Å²) in [4.78, 5) is 6.84. The Balaban J connectivity index is 2.17. The number of aromatic nitrogens is 1. The van der Waals surface area contributed by atoms with E-state index in [0.29, 0.717) is 5.56 Å². The zero-order valence-corrected chi connectivity index (χ0v) is 17.0. The molecule has 0 aliphatic carbocycles. The molecule has 0 unspecified atom stereocenters. The molecule has 142 valence electrons. The standard InChI is InChI=1S/C24H26N4/c1-5-28(6-2)20-13-11-18(12-14-20)22-17(4)23(27-24(26)21(22)15-25)19-9-7-16(3)8-10-19/h7-14H,5-6H2,1-4H3,(H2,26,27). The Labute approximate surface area is 167 Å². The second-order valence-electron chi connectivity index (χ2n) is 6.92. The average Bonchev–Trinajstić information content (AvgIpc) is 2.71. The van der Waals surface area contributed by atoms with Crippen LogP contribution in [-0.2, 0) is 0 Å². The number of anilines is 2. The highest BCUT2D eigenvalue weighted by Crippen LogP contribution is 2.36. The molecular weight excluding hydrogens is 344 g/mol. The minimum absolute atomic E-state index is 0.270. The highest BCUT2D eigenvalue weighted by molar-refractivity contribution is 5.84. The van der Waals surface area contributed by atoms with E-state index in [9.17, 15) is 5.26 Å². The molecule has 0 spiro atoms. The molecule has 2 aromatic carbocycles. The molecule has 0 atom stereocenters. The maximum Gasteiger partial charge on any atom is 0.142 e. The molecular formula is C24H26N4. The topological polar surface area (TPSA) is 65.9 Å². The summed E-state index contributed by atoms with van der Waals surface area (Å²) in [6.07, 6.45) is 0. The highest BCUT2D eigenvalue weighted by Gasteiger charge is 2.18. The van der Waals surface area contributed by atoms with E-state index in [-0.39, 0.29) is 5.82 Å². The molecule has 0 aliphatic heterocycles. The Morgan fingerprint density at radius 1 is 0.929 bits per heavy atom. The summed E-state index contributed by atoms with van der Waals surface area (Å²) >= 11 is 0. The fourth-order valence-electron chi connectivity index (χ4n) is 3.59. The van der Waals surface area contributed by atoms with Gasteiger partial charge in [-0.15, -0.1) is 0 Å². The van der Waals surface area contributed by atoms with Crippen LogP contribution in [0, 0.1) is 25.2 Å². The molecule has 0 fully saturated rings. The molecule has 1 aromatic heterocycles. The van der Waals surface area contributed by atoms with Crippen LogP contribution in [0.25, 0.3) is 22.4 Å². The van der Waals surface area contributed by atoms with E-state index in [0.717, 1.165) is 41.0 Å². The first-order valence-electron chi connectivity index (χ1n) is 9.62. The third-order valence-electron chi connectivity index (χ3n) is 5.19. The molecule has 3 aromatic rings. The lowest BCUT2D eigenvalue weighted by molar-refractivity contribution is 0.866. The quantitative estimate of drug-likeness (QED) is 0.659. The summed E-state index contributed by atoms with van der Waals surface area (Å²) in [7, 11) is 0. The van der Waals surface area contributed by atoms with Crippen molar-refractivity contribution >= 4 is 11.5 Å². The second kappa shape index (κ2) is 8.14. The van der Waals surface area contributed by atoms with E-state index in [2.05, 4.69) is 73.1 Å². The van der Waals surface area contributed by atoms with E-state index in [1.54, 1.807) is 0 Å². The maximum atomic E-state index is 9.72. The number of pyridine rings is 1. The molecule has 0 saturated carbocycles. The van der Waals surface area contributed by atoms with Gasteiger partial charge >= 0.3 is 0 Å². The van der Waals surface area contributed by atoms with Crippen molar-refractivity contribution in [3.63, 3.8) is 0 Å². The third-order valence-corrected chi connectivity index (χ3v) is 5.19. The van der Waals surface area contributed by atoms with Gasteiger partial charge in [0.05, 0.1) is 5.69 Å². The molecule has 0 aliphatic rings. The van der Waals surface area contributed by atoms with Gasteiger partial charge in [0.2, 0.25) is 0 Å². The molecule has 4 nitrogen and oxygen atoms in total. The van der Waals surface area contributed by atoms with Gasteiger partial charge in [0.15, 0.2) is 0 Å². The molecule has 0 bridgehead atoms. The van der Waals surface area contributed by atoms with Gasteiger partial charge in [-0.1, -0.05) is 42.0 Å². The van der Waals surface area contributed by atoms with Crippen LogP contribution < -0.4 is 10.6 Å². The van der Waals surface area contributed by atoms with Gasteiger partial charge in [-0.05, 0) is 51.0 Å². The minimum Gasteiger partial charge on any atom is -0.383 e. The highest BCUT2D eigenvalue weighted by atomic mass is 15.1. The van der Waals surface area contributed by atoms with Crippen molar-refractivity contribution in [2.45, 2.75) is 27.7 Å².